The molecule has 0 saturated carbocycles. The first-order valence-electron chi connectivity index (χ1n) is 11.1. The van der Waals surface area contributed by atoms with Crippen molar-refractivity contribution in [3.8, 4) is 11.5 Å². The normalized spacial score (nSPS) is 13.8. The van der Waals surface area contributed by atoms with Gasteiger partial charge in [-0.05, 0) is 102 Å². The summed E-state index contributed by atoms with van der Waals surface area (Å²) in [5.41, 5.74) is 3.56. The molecule has 33 heavy (non-hydrogen) atoms. The molecule has 170 valence electrons. The van der Waals surface area contributed by atoms with Crippen molar-refractivity contribution in [2.45, 2.75) is 25.9 Å². The Bertz CT molecular complexity index is 1120. The van der Waals surface area contributed by atoms with Gasteiger partial charge in [0.05, 0.1) is 12.8 Å². The fourth-order valence-corrected chi connectivity index (χ4v) is 4.30. The van der Waals surface area contributed by atoms with Gasteiger partial charge in [0.2, 0.25) is 0 Å². The molecule has 0 N–H and O–H groups in total. The number of ether oxygens (including phenoxy) is 2. The molecule has 0 aliphatic carbocycles. The van der Waals surface area contributed by atoms with Crippen molar-refractivity contribution in [1.29, 1.82) is 0 Å². The number of nitrogens with zero attached hydrogens (tertiary/aromatic N) is 2. The van der Waals surface area contributed by atoms with Crippen molar-refractivity contribution in [2.75, 3.05) is 20.2 Å². The first-order valence-corrected chi connectivity index (χ1v) is 12.2. The predicted molar refractivity (Wildman–Crippen MR) is 140 cm³/mol. The lowest BCUT2D eigenvalue weighted by Crippen LogP contribution is -2.35. The molecular weight excluding hydrogens is 527 g/mol. The zero-order valence-corrected chi connectivity index (χ0v) is 20.8. The van der Waals surface area contributed by atoms with Crippen LogP contribution < -0.4 is 9.47 Å². The topological polar surface area (TPSA) is 51.1 Å². The maximum Gasteiger partial charge on any atom is 0.253 e. The summed E-state index contributed by atoms with van der Waals surface area (Å²) in [6, 6.07) is 21.4. The van der Waals surface area contributed by atoms with E-state index in [-0.39, 0.29) is 5.91 Å². The van der Waals surface area contributed by atoms with E-state index in [1.165, 1.54) is 6.42 Å². The average Bonchev–Trinajstić information content (AvgIpc) is 2.87. The summed E-state index contributed by atoms with van der Waals surface area (Å²) in [7, 11) is 1.63. The molecule has 1 fully saturated rings. The first kappa shape index (κ1) is 23.3. The third-order valence-electron chi connectivity index (χ3n) is 5.60. The molecule has 0 radical (unpaired) electrons. The largest absolute Gasteiger partial charge is 0.493 e. The van der Waals surface area contributed by atoms with E-state index in [4.69, 9.17) is 9.47 Å². The van der Waals surface area contributed by atoms with Crippen molar-refractivity contribution < 1.29 is 14.3 Å². The highest BCUT2D eigenvalue weighted by molar-refractivity contribution is 14.1. The maximum atomic E-state index is 12.6. The van der Waals surface area contributed by atoms with Gasteiger partial charge in [0.25, 0.3) is 5.91 Å². The molecule has 0 atom stereocenters. The lowest BCUT2D eigenvalue weighted by Gasteiger charge is -2.26. The van der Waals surface area contributed by atoms with Crippen molar-refractivity contribution in [3.63, 3.8) is 0 Å². The SMILES string of the molecule is COc1cc(C=Nc2cccc(I)c2)ccc1OCc1ccc(C(=O)N2CCCCC2)cc1. The Labute approximate surface area is 208 Å². The zero-order chi connectivity index (χ0) is 23.0. The van der Waals surface area contributed by atoms with Gasteiger partial charge in [-0.3, -0.25) is 9.79 Å². The maximum absolute atomic E-state index is 12.6. The highest BCUT2D eigenvalue weighted by Crippen LogP contribution is 2.29. The van der Waals surface area contributed by atoms with Gasteiger partial charge in [-0.15, -0.1) is 0 Å². The zero-order valence-electron chi connectivity index (χ0n) is 18.7. The van der Waals surface area contributed by atoms with Crippen LogP contribution in [0, 0.1) is 3.57 Å². The van der Waals surface area contributed by atoms with E-state index >= 15 is 0 Å². The molecule has 1 heterocycles. The van der Waals surface area contributed by atoms with Gasteiger partial charge in [0.1, 0.15) is 6.61 Å². The van der Waals surface area contributed by atoms with Crippen LogP contribution >= 0.6 is 22.6 Å². The minimum Gasteiger partial charge on any atom is -0.493 e. The molecular formula is C27H27IN2O3. The Morgan fingerprint density at radius 2 is 1.79 bits per heavy atom. The lowest BCUT2D eigenvalue weighted by molar-refractivity contribution is 0.0724. The van der Waals surface area contributed by atoms with Crippen LogP contribution in [0.4, 0.5) is 5.69 Å². The van der Waals surface area contributed by atoms with Gasteiger partial charge < -0.3 is 14.4 Å². The molecule has 1 aliphatic rings. The minimum atomic E-state index is 0.117. The molecule has 6 heteroatoms. The molecule has 1 amide bonds. The average molecular weight is 554 g/mol. The van der Waals surface area contributed by atoms with Crippen LogP contribution in [-0.4, -0.2) is 37.2 Å². The smallest absolute Gasteiger partial charge is 0.253 e. The number of rotatable bonds is 7. The minimum absolute atomic E-state index is 0.117. The molecule has 5 nitrogen and oxygen atoms in total. The summed E-state index contributed by atoms with van der Waals surface area (Å²) in [5.74, 6) is 1.43. The quantitative estimate of drug-likeness (QED) is 0.256. The molecule has 3 aromatic carbocycles. The molecule has 0 aromatic heterocycles. The predicted octanol–water partition coefficient (Wildman–Crippen LogP) is 6.26. The Balaban J connectivity index is 1.38. The van der Waals surface area contributed by atoms with E-state index in [9.17, 15) is 4.79 Å². The molecule has 0 bridgehead atoms. The Hall–Kier alpha value is -2.87. The van der Waals surface area contributed by atoms with Gasteiger partial charge >= 0.3 is 0 Å². The van der Waals surface area contributed by atoms with E-state index in [0.717, 1.165) is 51.9 Å². The lowest BCUT2D eigenvalue weighted by atomic mass is 10.1. The second kappa shape index (κ2) is 11.3. The third-order valence-corrected chi connectivity index (χ3v) is 6.27. The fraction of sp³-hybridized carbons (Fsp3) is 0.259. The Kier molecular flexibility index (Phi) is 7.99. The molecule has 0 unspecified atom stereocenters. The van der Waals surface area contributed by atoms with Crippen molar-refractivity contribution in [2.24, 2.45) is 4.99 Å². The highest BCUT2D eigenvalue weighted by atomic mass is 127. The third kappa shape index (κ3) is 6.35. The van der Waals surface area contributed by atoms with Gasteiger partial charge in [0, 0.05) is 28.4 Å². The number of amides is 1. The molecule has 4 rings (SSSR count). The van der Waals surface area contributed by atoms with Crippen LogP contribution in [0.25, 0.3) is 0 Å². The van der Waals surface area contributed by atoms with Crippen LogP contribution in [0.5, 0.6) is 11.5 Å². The number of halogens is 1. The van der Waals surface area contributed by atoms with Crippen LogP contribution in [0.15, 0.2) is 71.7 Å². The summed E-state index contributed by atoms with van der Waals surface area (Å²) in [6.07, 6.45) is 5.21. The standard InChI is InChI=1S/C27H27IN2O3/c1-32-26-16-21(18-29-24-7-5-6-23(28)17-24)10-13-25(26)33-19-20-8-11-22(12-9-20)27(31)30-14-3-2-4-15-30/h5-13,16-18H,2-4,14-15,19H2,1H3. The molecule has 0 spiro atoms. The Morgan fingerprint density at radius 1 is 1.00 bits per heavy atom. The number of benzene rings is 3. The molecule has 1 saturated heterocycles. The molecule has 3 aromatic rings. The second-order valence-electron chi connectivity index (χ2n) is 7.99. The number of carbonyl (C=O) groups excluding carboxylic acids is 1. The number of likely N-dealkylation sites (tertiary alicyclic amines) is 1. The van der Waals surface area contributed by atoms with Gasteiger partial charge in [-0.1, -0.05) is 18.2 Å². The van der Waals surface area contributed by atoms with E-state index in [1.807, 2.05) is 77.8 Å². The van der Waals surface area contributed by atoms with Crippen molar-refractivity contribution in [1.82, 2.24) is 4.90 Å². The summed E-state index contributed by atoms with van der Waals surface area (Å²) < 4.78 is 12.7. The van der Waals surface area contributed by atoms with Crippen LogP contribution in [0.2, 0.25) is 0 Å². The number of hydrogen-bond donors (Lipinski definition) is 0. The van der Waals surface area contributed by atoms with E-state index in [2.05, 4.69) is 27.6 Å². The second-order valence-corrected chi connectivity index (χ2v) is 9.23. The summed E-state index contributed by atoms with van der Waals surface area (Å²) in [5, 5.41) is 0. The van der Waals surface area contributed by atoms with Gasteiger partial charge in [-0.25, -0.2) is 0 Å². The summed E-state index contributed by atoms with van der Waals surface area (Å²) in [4.78, 5) is 19.1. The summed E-state index contributed by atoms with van der Waals surface area (Å²) in [6.45, 7) is 2.11. The van der Waals surface area contributed by atoms with Gasteiger partial charge in [-0.2, -0.15) is 0 Å². The number of methoxy groups -OCH3 is 1. The van der Waals surface area contributed by atoms with Crippen LogP contribution in [-0.2, 0) is 6.61 Å². The first-order chi connectivity index (χ1) is 16.1. The van der Waals surface area contributed by atoms with Crippen LogP contribution in [0.1, 0.15) is 40.7 Å². The van der Waals surface area contributed by atoms with Gasteiger partial charge in [0.15, 0.2) is 11.5 Å². The van der Waals surface area contributed by atoms with Crippen molar-refractivity contribution in [3.05, 3.63) is 87.0 Å². The Morgan fingerprint density at radius 3 is 2.52 bits per heavy atom. The van der Waals surface area contributed by atoms with Crippen molar-refractivity contribution >= 4 is 40.4 Å². The number of hydrogen-bond acceptors (Lipinski definition) is 4. The summed E-state index contributed by atoms with van der Waals surface area (Å²) >= 11 is 2.28. The van der Waals surface area contributed by atoms with E-state index < -0.39 is 0 Å². The van der Waals surface area contributed by atoms with E-state index in [1.54, 1.807) is 7.11 Å². The number of piperidine rings is 1. The number of carbonyl (C=O) groups is 1. The van der Waals surface area contributed by atoms with E-state index in [0.29, 0.717) is 18.1 Å². The fourth-order valence-electron chi connectivity index (χ4n) is 3.77. The molecule has 1 aliphatic heterocycles. The van der Waals surface area contributed by atoms with Crippen LogP contribution in [0.3, 0.4) is 0 Å². The highest BCUT2D eigenvalue weighted by Gasteiger charge is 2.18. The monoisotopic (exact) mass is 554 g/mol. The number of aliphatic imine (C=N–C) groups is 1.